The largest absolute Gasteiger partial charge is 0.417 e. The van der Waals surface area contributed by atoms with Crippen molar-refractivity contribution in [1.82, 2.24) is 4.98 Å². The standard InChI is InChI=1S/C8H8F2N2O2/c1-5(13)12-6-2-3-7(11-4-6)14-8(9)10/h2-4,8H,1H3,(H,12,13). The van der Waals surface area contributed by atoms with Gasteiger partial charge in [-0.05, 0) is 6.07 Å². The molecule has 1 aromatic heterocycles. The number of rotatable bonds is 3. The molecule has 14 heavy (non-hydrogen) atoms. The van der Waals surface area contributed by atoms with Crippen LogP contribution in [-0.2, 0) is 4.79 Å². The van der Waals surface area contributed by atoms with Crippen molar-refractivity contribution in [3.05, 3.63) is 18.3 Å². The maximum atomic E-state index is 11.7. The van der Waals surface area contributed by atoms with Crippen molar-refractivity contribution in [2.24, 2.45) is 0 Å². The van der Waals surface area contributed by atoms with E-state index < -0.39 is 6.61 Å². The van der Waals surface area contributed by atoms with Gasteiger partial charge in [-0.1, -0.05) is 0 Å². The van der Waals surface area contributed by atoms with Crippen LogP contribution in [0.4, 0.5) is 14.5 Å². The second-order valence-electron chi connectivity index (χ2n) is 2.44. The summed E-state index contributed by atoms with van der Waals surface area (Å²) >= 11 is 0. The van der Waals surface area contributed by atoms with Crippen LogP contribution in [0.2, 0.25) is 0 Å². The van der Waals surface area contributed by atoms with Crippen molar-refractivity contribution in [3.8, 4) is 5.88 Å². The normalized spacial score (nSPS) is 10.0. The Kier molecular flexibility index (Phi) is 3.33. The number of pyridine rings is 1. The van der Waals surface area contributed by atoms with Gasteiger partial charge < -0.3 is 10.1 Å². The highest BCUT2D eigenvalue weighted by Crippen LogP contribution is 2.13. The summed E-state index contributed by atoms with van der Waals surface area (Å²) in [6.45, 7) is -1.56. The highest BCUT2D eigenvalue weighted by atomic mass is 19.3. The summed E-state index contributed by atoms with van der Waals surface area (Å²) in [6.07, 6.45) is 1.24. The van der Waals surface area contributed by atoms with Gasteiger partial charge in [0.1, 0.15) is 0 Å². The third-order valence-corrected chi connectivity index (χ3v) is 1.27. The molecule has 4 nitrogen and oxygen atoms in total. The van der Waals surface area contributed by atoms with Crippen LogP contribution in [0.3, 0.4) is 0 Å². The third kappa shape index (κ3) is 3.34. The van der Waals surface area contributed by atoms with E-state index in [0.29, 0.717) is 5.69 Å². The topological polar surface area (TPSA) is 51.2 Å². The lowest BCUT2D eigenvalue weighted by molar-refractivity contribution is -0.114. The van der Waals surface area contributed by atoms with E-state index in [-0.39, 0.29) is 11.8 Å². The fraction of sp³-hybridized carbons (Fsp3) is 0.250. The molecule has 0 unspecified atom stereocenters. The van der Waals surface area contributed by atoms with Gasteiger partial charge in [-0.25, -0.2) is 4.98 Å². The molecule has 1 amide bonds. The van der Waals surface area contributed by atoms with Gasteiger partial charge >= 0.3 is 6.61 Å². The number of hydrogen-bond acceptors (Lipinski definition) is 3. The third-order valence-electron chi connectivity index (χ3n) is 1.27. The van der Waals surface area contributed by atoms with Crippen molar-refractivity contribution >= 4 is 11.6 Å². The molecule has 0 saturated heterocycles. The maximum Gasteiger partial charge on any atom is 0.388 e. The molecule has 1 N–H and O–H groups in total. The molecule has 1 heterocycles. The maximum absolute atomic E-state index is 11.7. The Balaban J connectivity index is 2.63. The lowest BCUT2D eigenvalue weighted by atomic mass is 10.4. The molecule has 0 aliphatic heterocycles. The number of anilines is 1. The van der Waals surface area contributed by atoms with Gasteiger partial charge in [0.2, 0.25) is 11.8 Å². The minimum absolute atomic E-state index is 0.186. The summed E-state index contributed by atoms with van der Waals surface area (Å²) < 4.78 is 27.4. The number of aromatic nitrogens is 1. The van der Waals surface area contributed by atoms with E-state index in [9.17, 15) is 13.6 Å². The zero-order valence-electron chi connectivity index (χ0n) is 7.33. The van der Waals surface area contributed by atoms with Crippen molar-refractivity contribution in [2.45, 2.75) is 13.5 Å². The predicted octanol–water partition coefficient (Wildman–Crippen LogP) is 1.64. The Labute approximate surface area is 78.9 Å². The monoisotopic (exact) mass is 202 g/mol. The van der Waals surface area contributed by atoms with E-state index in [1.54, 1.807) is 0 Å². The second kappa shape index (κ2) is 4.50. The Bertz CT molecular complexity index is 314. The first-order chi connectivity index (χ1) is 6.58. The summed E-state index contributed by atoms with van der Waals surface area (Å²) in [4.78, 5) is 14.1. The molecular formula is C8H8F2N2O2. The number of carbonyl (C=O) groups excluding carboxylic acids is 1. The quantitative estimate of drug-likeness (QED) is 0.810. The van der Waals surface area contributed by atoms with Gasteiger partial charge in [0.05, 0.1) is 11.9 Å². The first kappa shape index (κ1) is 10.4. The Morgan fingerprint density at radius 2 is 2.29 bits per heavy atom. The molecule has 1 aromatic rings. The van der Waals surface area contributed by atoms with Gasteiger partial charge in [0.25, 0.3) is 0 Å². The van der Waals surface area contributed by atoms with Gasteiger partial charge in [0, 0.05) is 13.0 Å². The van der Waals surface area contributed by atoms with Gasteiger partial charge in [-0.3, -0.25) is 4.79 Å². The van der Waals surface area contributed by atoms with E-state index in [1.165, 1.54) is 25.3 Å². The van der Waals surface area contributed by atoms with Crippen LogP contribution in [0.15, 0.2) is 18.3 Å². The highest BCUT2D eigenvalue weighted by molar-refractivity contribution is 5.88. The summed E-state index contributed by atoms with van der Waals surface area (Å²) in [6, 6.07) is 2.67. The lowest BCUT2D eigenvalue weighted by Gasteiger charge is -2.04. The number of carbonyl (C=O) groups is 1. The average molecular weight is 202 g/mol. The van der Waals surface area contributed by atoms with Crippen LogP contribution in [0, 0.1) is 0 Å². The number of alkyl halides is 2. The van der Waals surface area contributed by atoms with E-state index in [1.807, 2.05) is 0 Å². The van der Waals surface area contributed by atoms with E-state index in [0.717, 1.165) is 0 Å². The fourth-order valence-electron chi connectivity index (χ4n) is 0.818. The van der Waals surface area contributed by atoms with Crippen molar-refractivity contribution in [1.29, 1.82) is 0 Å². The molecule has 76 valence electrons. The molecule has 1 rings (SSSR count). The summed E-state index contributed by atoms with van der Waals surface area (Å²) in [7, 11) is 0. The van der Waals surface area contributed by atoms with E-state index in [2.05, 4.69) is 15.0 Å². The summed E-state index contributed by atoms with van der Waals surface area (Å²) in [5, 5.41) is 2.44. The number of amides is 1. The first-order valence-corrected chi connectivity index (χ1v) is 3.76. The molecule has 6 heteroatoms. The van der Waals surface area contributed by atoms with Crippen LogP contribution in [0.1, 0.15) is 6.92 Å². The van der Waals surface area contributed by atoms with Crippen LogP contribution in [0.5, 0.6) is 5.88 Å². The molecule has 0 aromatic carbocycles. The number of hydrogen-bond donors (Lipinski definition) is 1. The molecule has 0 fully saturated rings. The van der Waals surface area contributed by atoms with E-state index >= 15 is 0 Å². The fourth-order valence-corrected chi connectivity index (χ4v) is 0.818. The number of ether oxygens (including phenoxy) is 1. The zero-order valence-corrected chi connectivity index (χ0v) is 7.33. The first-order valence-electron chi connectivity index (χ1n) is 3.76. The van der Waals surface area contributed by atoms with Crippen molar-refractivity contribution in [2.75, 3.05) is 5.32 Å². The Morgan fingerprint density at radius 3 is 2.71 bits per heavy atom. The minimum atomic E-state index is -2.89. The number of nitrogens with zero attached hydrogens (tertiary/aromatic N) is 1. The zero-order chi connectivity index (χ0) is 10.6. The van der Waals surface area contributed by atoms with Gasteiger partial charge in [0.15, 0.2) is 0 Å². The molecular weight excluding hydrogens is 194 g/mol. The van der Waals surface area contributed by atoms with Crippen LogP contribution < -0.4 is 10.1 Å². The minimum Gasteiger partial charge on any atom is -0.417 e. The summed E-state index contributed by atoms with van der Waals surface area (Å²) in [5.41, 5.74) is 0.430. The Hall–Kier alpha value is -1.72. The SMILES string of the molecule is CC(=O)Nc1ccc(OC(F)F)nc1. The van der Waals surface area contributed by atoms with Gasteiger partial charge in [-0.15, -0.1) is 0 Å². The molecule has 0 aliphatic rings. The lowest BCUT2D eigenvalue weighted by Crippen LogP contribution is -2.07. The molecule has 0 saturated carbocycles. The summed E-state index contributed by atoms with van der Waals surface area (Å²) in [5.74, 6) is -0.441. The molecule has 0 radical (unpaired) electrons. The van der Waals surface area contributed by atoms with Crippen molar-refractivity contribution in [3.63, 3.8) is 0 Å². The van der Waals surface area contributed by atoms with Crippen molar-refractivity contribution < 1.29 is 18.3 Å². The van der Waals surface area contributed by atoms with Crippen LogP contribution in [-0.4, -0.2) is 17.5 Å². The molecule has 0 spiro atoms. The highest BCUT2D eigenvalue weighted by Gasteiger charge is 2.04. The molecule has 0 bridgehead atoms. The van der Waals surface area contributed by atoms with Gasteiger partial charge in [-0.2, -0.15) is 8.78 Å². The van der Waals surface area contributed by atoms with Crippen LogP contribution >= 0.6 is 0 Å². The smallest absolute Gasteiger partial charge is 0.388 e. The number of halogens is 2. The average Bonchev–Trinajstić information content (AvgIpc) is 2.06. The predicted molar refractivity (Wildman–Crippen MR) is 45.2 cm³/mol. The molecule has 0 atom stereocenters. The number of nitrogens with one attached hydrogen (secondary N) is 1. The second-order valence-corrected chi connectivity index (χ2v) is 2.44. The molecule has 0 aliphatic carbocycles. The Morgan fingerprint density at radius 1 is 1.57 bits per heavy atom. The van der Waals surface area contributed by atoms with Crippen LogP contribution in [0.25, 0.3) is 0 Å². The van der Waals surface area contributed by atoms with E-state index in [4.69, 9.17) is 0 Å².